The maximum atomic E-state index is 11.7. The smallest absolute Gasteiger partial charge is 0.341 e. The van der Waals surface area contributed by atoms with Crippen LogP contribution >= 0.6 is 0 Å². The Bertz CT molecular complexity index is 592. The van der Waals surface area contributed by atoms with Crippen molar-refractivity contribution in [1.82, 2.24) is 0 Å². The van der Waals surface area contributed by atoms with Crippen LogP contribution in [0.4, 0.5) is 0 Å². The number of carboxylic acids is 1. The van der Waals surface area contributed by atoms with E-state index in [2.05, 4.69) is 6.58 Å². The van der Waals surface area contributed by atoms with Gasteiger partial charge in [-0.1, -0.05) is 66.7 Å². The van der Waals surface area contributed by atoms with Gasteiger partial charge in [-0.15, -0.1) is 6.58 Å². The van der Waals surface area contributed by atoms with Gasteiger partial charge in [-0.2, -0.15) is 0 Å². The highest BCUT2D eigenvalue weighted by Crippen LogP contribution is 2.38. The molecule has 3 nitrogen and oxygen atoms in total. The lowest BCUT2D eigenvalue weighted by atomic mass is 9.77. The molecule has 102 valence electrons. The Labute approximate surface area is 117 Å². The van der Waals surface area contributed by atoms with Crippen molar-refractivity contribution in [3.05, 3.63) is 84.4 Å². The molecule has 0 aliphatic heterocycles. The molecule has 0 aliphatic rings. The first-order valence-electron chi connectivity index (χ1n) is 6.29. The van der Waals surface area contributed by atoms with E-state index in [4.69, 9.17) is 0 Å². The van der Waals surface area contributed by atoms with Crippen molar-refractivity contribution in [2.45, 2.75) is 11.5 Å². The molecular weight excluding hydrogens is 252 g/mol. The van der Waals surface area contributed by atoms with Crippen LogP contribution in [0.3, 0.4) is 0 Å². The highest BCUT2D eigenvalue weighted by molar-refractivity contribution is 5.81. The van der Waals surface area contributed by atoms with Crippen molar-refractivity contribution in [3.8, 4) is 0 Å². The van der Waals surface area contributed by atoms with Crippen molar-refractivity contribution >= 4 is 5.97 Å². The lowest BCUT2D eigenvalue weighted by Gasteiger charge is -2.31. The van der Waals surface area contributed by atoms with Gasteiger partial charge in [-0.05, 0) is 11.1 Å². The highest BCUT2D eigenvalue weighted by atomic mass is 16.4. The molecule has 2 atom stereocenters. The second-order valence-electron chi connectivity index (χ2n) is 4.56. The lowest BCUT2D eigenvalue weighted by molar-refractivity contribution is -0.161. The molecule has 0 unspecified atom stereocenters. The topological polar surface area (TPSA) is 57.5 Å². The third-order valence-electron chi connectivity index (χ3n) is 3.38. The summed E-state index contributed by atoms with van der Waals surface area (Å²) in [6.45, 7) is 3.69. The predicted octanol–water partition coefficient (Wildman–Crippen LogP) is 2.93. The van der Waals surface area contributed by atoms with Gasteiger partial charge in [-0.3, -0.25) is 0 Å². The first kappa shape index (κ1) is 14.0. The molecule has 2 N–H and O–H groups in total. The van der Waals surface area contributed by atoms with Crippen LogP contribution in [0.25, 0.3) is 0 Å². The summed E-state index contributed by atoms with van der Waals surface area (Å²) in [5.41, 5.74) is -0.998. The largest absolute Gasteiger partial charge is 0.479 e. The molecule has 20 heavy (non-hydrogen) atoms. The summed E-state index contributed by atoms with van der Waals surface area (Å²) in [5.74, 6) is -2.03. The van der Waals surface area contributed by atoms with Gasteiger partial charge < -0.3 is 10.2 Å². The molecule has 0 heterocycles. The van der Waals surface area contributed by atoms with E-state index in [0.717, 1.165) is 0 Å². The first-order chi connectivity index (χ1) is 9.60. The third kappa shape index (κ3) is 2.36. The van der Waals surface area contributed by atoms with Crippen LogP contribution < -0.4 is 0 Å². The Morgan fingerprint density at radius 1 is 1.05 bits per heavy atom. The number of benzene rings is 2. The lowest BCUT2D eigenvalue weighted by Crippen LogP contribution is -2.41. The van der Waals surface area contributed by atoms with Gasteiger partial charge in [0.15, 0.2) is 5.60 Å². The molecule has 0 bridgehead atoms. The molecule has 0 amide bonds. The Morgan fingerprint density at radius 2 is 1.55 bits per heavy atom. The van der Waals surface area contributed by atoms with Crippen molar-refractivity contribution in [2.24, 2.45) is 0 Å². The molecule has 0 radical (unpaired) electrons. The quantitative estimate of drug-likeness (QED) is 0.820. The summed E-state index contributed by atoms with van der Waals surface area (Å²) < 4.78 is 0. The van der Waals surface area contributed by atoms with Gasteiger partial charge in [0.05, 0.1) is 0 Å². The maximum absolute atomic E-state index is 11.7. The fourth-order valence-electron chi connectivity index (χ4n) is 2.34. The molecule has 0 fully saturated rings. The summed E-state index contributed by atoms with van der Waals surface area (Å²) in [6.07, 6.45) is 1.47. The fourth-order valence-corrected chi connectivity index (χ4v) is 2.34. The minimum atomic E-state index is -2.04. The second-order valence-corrected chi connectivity index (χ2v) is 4.56. The van der Waals surface area contributed by atoms with Gasteiger partial charge in [0.25, 0.3) is 0 Å². The van der Waals surface area contributed by atoms with Crippen LogP contribution in [0.5, 0.6) is 0 Å². The van der Waals surface area contributed by atoms with Crippen LogP contribution in [0, 0.1) is 0 Å². The van der Waals surface area contributed by atoms with Gasteiger partial charge in [0.1, 0.15) is 0 Å². The molecule has 2 aromatic rings. The number of rotatable bonds is 5. The van der Waals surface area contributed by atoms with Crippen LogP contribution in [0.15, 0.2) is 73.3 Å². The summed E-state index contributed by atoms with van der Waals surface area (Å²) in [6, 6.07) is 17.4. The number of carbonyl (C=O) groups is 1. The van der Waals surface area contributed by atoms with Crippen molar-refractivity contribution in [1.29, 1.82) is 0 Å². The highest BCUT2D eigenvalue weighted by Gasteiger charge is 2.45. The molecule has 2 aromatic carbocycles. The van der Waals surface area contributed by atoms with E-state index in [9.17, 15) is 15.0 Å². The molecule has 0 spiro atoms. The van der Waals surface area contributed by atoms with E-state index < -0.39 is 17.5 Å². The van der Waals surface area contributed by atoms with Crippen molar-refractivity contribution < 1.29 is 15.0 Å². The minimum Gasteiger partial charge on any atom is -0.479 e. The average Bonchev–Trinajstić information content (AvgIpc) is 2.49. The molecular formula is C17H16O3. The van der Waals surface area contributed by atoms with Gasteiger partial charge in [0.2, 0.25) is 0 Å². The zero-order valence-corrected chi connectivity index (χ0v) is 10.9. The number of carboxylic acid groups (broad SMARTS) is 1. The number of aliphatic hydroxyl groups is 1. The predicted molar refractivity (Wildman–Crippen MR) is 77.4 cm³/mol. The van der Waals surface area contributed by atoms with Crippen LogP contribution in [-0.4, -0.2) is 16.2 Å². The molecule has 3 heteroatoms. The van der Waals surface area contributed by atoms with E-state index in [1.54, 1.807) is 54.6 Å². The van der Waals surface area contributed by atoms with Crippen LogP contribution in [0.1, 0.15) is 17.0 Å². The monoisotopic (exact) mass is 268 g/mol. The van der Waals surface area contributed by atoms with E-state index in [0.29, 0.717) is 11.1 Å². The molecule has 0 saturated carbocycles. The number of hydrogen-bond acceptors (Lipinski definition) is 2. The summed E-state index contributed by atoms with van der Waals surface area (Å²) in [5, 5.41) is 20.4. The first-order valence-corrected chi connectivity index (χ1v) is 6.29. The van der Waals surface area contributed by atoms with Crippen molar-refractivity contribution in [2.75, 3.05) is 0 Å². The van der Waals surface area contributed by atoms with E-state index in [1.807, 2.05) is 6.07 Å². The maximum Gasteiger partial charge on any atom is 0.341 e. The standard InChI is InChI=1S/C17H16O3/c1-2-15(13-9-5-3-6-10-13)17(20,16(18)19)14-11-7-4-8-12-14/h2-12,15,20H,1H2,(H,18,19)/t15-,17+/m0/s1. The van der Waals surface area contributed by atoms with E-state index in [-0.39, 0.29) is 0 Å². The second kappa shape index (κ2) is 5.72. The van der Waals surface area contributed by atoms with Crippen LogP contribution in [0.2, 0.25) is 0 Å². The Balaban J connectivity index is 2.58. The zero-order chi connectivity index (χ0) is 14.6. The van der Waals surface area contributed by atoms with Gasteiger partial charge >= 0.3 is 5.97 Å². The Kier molecular flexibility index (Phi) is 4.01. The van der Waals surface area contributed by atoms with E-state index >= 15 is 0 Å². The van der Waals surface area contributed by atoms with Crippen molar-refractivity contribution in [3.63, 3.8) is 0 Å². The summed E-state index contributed by atoms with van der Waals surface area (Å²) >= 11 is 0. The van der Waals surface area contributed by atoms with E-state index in [1.165, 1.54) is 6.08 Å². The molecule has 2 rings (SSSR count). The summed E-state index contributed by atoms with van der Waals surface area (Å²) in [7, 11) is 0. The molecule has 0 aromatic heterocycles. The molecule has 0 aliphatic carbocycles. The number of hydrogen-bond donors (Lipinski definition) is 2. The Morgan fingerprint density at radius 3 is 2.00 bits per heavy atom. The normalized spacial score (nSPS) is 15.1. The van der Waals surface area contributed by atoms with Gasteiger partial charge in [0, 0.05) is 5.92 Å². The van der Waals surface area contributed by atoms with Gasteiger partial charge in [-0.25, -0.2) is 4.79 Å². The zero-order valence-electron chi connectivity index (χ0n) is 10.9. The SMILES string of the molecule is C=C[C@@H](c1ccccc1)[C@@](O)(C(=O)O)c1ccccc1. The van der Waals surface area contributed by atoms with Crippen LogP contribution in [-0.2, 0) is 10.4 Å². The Hall–Kier alpha value is -2.39. The summed E-state index contributed by atoms with van der Waals surface area (Å²) in [4.78, 5) is 11.7. The third-order valence-corrected chi connectivity index (χ3v) is 3.38. The number of aliphatic carboxylic acids is 1. The fraction of sp³-hybridized carbons (Fsp3) is 0.118. The minimum absolute atomic E-state index is 0.334. The molecule has 0 saturated heterocycles. The average molecular weight is 268 g/mol.